The maximum Gasteiger partial charge on any atom is 0.236 e. The Hall–Kier alpha value is -1.91. The first kappa shape index (κ1) is 14.5. The molecule has 1 aromatic rings. The summed E-state index contributed by atoms with van der Waals surface area (Å²) in [5.74, 6) is -0.318. The van der Waals surface area contributed by atoms with Crippen LogP contribution in [0, 0.1) is 5.41 Å². The second-order valence-corrected chi connectivity index (χ2v) is 5.20. The molecule has 1 heterocycles. The van der Waals surface area contributed by atoms with Gasteiger partial charge in [0.25, 0.3) is 0 Å². The fourth-order valence-electron chi connectivity index (χ4n) is 2.07. The number of rotatable bonds is 7. The Morgan fingerprint density at radius 3 is 2.60 bits per heavy atom. The number of carbonyl (C=O) groups is 2. The van der Waals surface area contributed by atoms with E-state index in [1.807, 2.05) is 18.2 Å². The molecule has 0 unspecified atom stereocenters. The number of nitrogens with zero attached hydrogens (tertiary/aromatic N) is 1. The van der Waals surface area contributed by atoms with Gasteiger partial charge in [0.2, 0.25) is 11.8 Å². The zero-order chi connectivity index (χ0) is 14.4. The standard InChI is InChI=1S/C15H21N3O2/c1-2-3-9-17-13(19)15(7-8-15)14(20)18-11-12-6-4-5-10-16-12/h4-6,10H,2-3,7-9,11H2,1H3,(H,17,19)(H,18,20). The van der Waals surface area contributed by atoms with Crippen molar-refractivity contribution >= 4 is 11.8 Å². The molecule has 5 heteroatoms. The molecule has 2 rings (SSSR count). The van der Waals surface area contributed by atoms with Crippen LogP contribution in [0.1, 0.15) is 38.3 Å². The van der Waals surface area contributed by atoms with Crippen molar-refractivity contribution in [1.29, 1.82) is 0 Å². The molecule has 0 bridgehead atoms. The van der Waals surface area contributed by atoms with Crippen molar-refractivity contribution in [3.8, 4) is 0 Å². The van der Waals surface area contributed by atoms with E-state index < -0.39 is 5.41 Å². The highest BCUT2D eigenvalue weighted by Gasteiger charge is 2.56. The maximum absolute atomic E-state index is 12.2. The SMILES string of the molecule is CCCCNC(=O)C1(C(=O)NCc2ccccn2)CC1. The van der Waals surface area contributed by atoms with Gasteiger partial charge in [-0.2, -0.15) is 0 Å². The summed E-state index contributed by atoms with van der Waals surface area (Å²) in [5.41, 5.74) is -0.0363. The summed E-state index contributed by atoms with van der Waals surface area (Å²) in [4.78, 5) is 28.4. The Labute approximate surface area is 119 Å². The van der Waals surface area contributed by atoms with E-state index in [4.69, 9.17) is 0 Å². The average Bonchev–Trinajstić information content (AvgIpc) is 3.28. The molecule has 1 saturated carbocycles. The number of nitrogens with one attached hydrogen (secondary N) is 2. The van der Waals surface area contributed by atoms with Gasteiger partial charge in [0.05, 0.1) is 12.2 Å². The molecule has 1 aliphatic carbocycles. The van der Waals surface area contributed by atoms with Gasteiger partial charge in [-0.05, 0) is 31.4 Å². The molecule has 2 N–H and O–H groups in total. The van der Waals surface area contributed by atoms with Crippen molar-refractivity contribution in [3.05, 3.63) is 30.1 Å². The van der Waals surface area contributed by atoms with Crippen LogP contribution in [0.2, 0.25) is 0 Å². The highest BCUT2D eigenvalue weighted by Crippen LogP contribution is 2.46. The van der Waals surface area contributed by atoms with Gasteiger partial charge in [0, 0.05) is 12.7 Å². The van der Waals surface area contributed by atoms with E-state index >= 15 is 0 Å². The van der Waals surface area contributed by atoms with Crippen LogP contribution in [0.3, 0.4) is 0 Å². The Balaban J connectivity index is 1.83. The molecule has 2 amide bonds. The van der Waals surface area contributed by atoms with Gasteiger partial charge in [-0.15, -0.1) is 0 Å². The monoisotopic (exact) mass is 275 g/mol. The summed E-state index contributed by atoms with van der Waals surface area (Å²) >= 11 is 0. The first-order chi connectivity index (χ1) is 9.69. The molecule has 1 aliphatic rings. The van der Waals surface area contributed by atoms with Crippen molar-refractivity contribution in [3.63, 3.8) is 0 Å². The van der Waals surface area contributed by atoms with Gasteiger partial charge in [0.1, 0.15) is 5.41 Å². The summed E-state index contributed by atoms with van der Waals surface area (Å²) in [6.07, 6.45) is 4.93. The topological polar surface area (TPSA) is 71.1 Å². The summed E-state index contributed by atoms with van der Waals surface area (Å²) in [5, 5.41) is 5.66. The highest BCUT2D eigenvalue weighted by atomic mass is 16.2. The fourth-order valence-corrected chi connectivity index (χ4v) is 2.07. The fraction of sp³-hybridized carbons (Fsp3) is 0.533. The molecule has 108 valence electrons. The van der Waals surface area contributed by atoms with Crippen LogP contribution in [0.4, 0.5) is 0 Å². The molecule has 0 radical (unpaired) electrons. The molecule has 0 saturated heterocycles. The van der Waals surface area contributed by atoms with Crippen molar-refractivity contribution in [1.82, 2.24) is 15.6 Å². The van der Waals surface area contributed by atoms with Crippen molar-refractivity contribution in [2.75, 3.05) is 6.54 Å². The molecule has 5 nitrogen and oxygen atoms in total. The number of pyridine rings is 1. The summed E-state index contributed by atoms with van der Waals surface area (Å²) in [6.45, 7) is 3.08. The third kappa shape index (κ3) is 3.35. The number of amides is 2. The van der Waals surface area contributed by atoms with Gasteiger partial charge < -0.3 is 10.6 Å². The lowest BCUT2D eigenvalue weighted by Crippen LogP contribution is -2.43. The average molecular weight is 275 g/mol. The second-order valence-electron chi connectivity index (χ2n) is 5.20. The molecular formula is C15H21N3O2. The number of hydrogen-bond acceptors (Lipinski definition) is 3. The lowest BCUT2D eigenvalue weighted by molar-refractivity contribution is -0.137. The lowest BCUT2D eigenvalue weighted by atomic mass is 10.1. The quantitative estimate of drug-likeness (QED) is 0.583. The van der Waals surface area contributed by atoms with Crippen LogP contribution < -0.4 is 10.6 Å². The molecular weight excluding hydrogens is 254 g/mol. The van der Waals surface area contributed by atoms with Crippen LogP contribution in [-0.4, -0.2) is 23.3 Å². The number of hydrogen-bond donors (Lipinski definition) is 2. The Morgan fingerprint density at radius 2 is 2.00 bits per heavy atom. The van der Waals surface area contributed by atoms with Crippen LogP contribution in [-0.2, 0) is 16.1 Å². The van der Waals surface area contributed by atoms with Gasteiger partial charge in [-0.1, -0.05) is 19.4 Å². The molecule has 1 fully saturated rings. The van der Waals surface area contributed by atoms with E-state index in [0.717, 1.165) is 18.5 Å². The normalized spacial score (nSPS) is 15.4. The molecule has 0 spiro atoms. The van der Waals surface area contributed by atoms with Gasteiger partial charge in [-0.3, -0.25) is 14.6 Å². The van der Waals surface area contributed by atoms with Crippen molar-refractivity contribution in [2.24, 2.45) is 5.41 Å². The van der Waals surface area contributed by atoms with E-state index in [1.165, 1.54) is 0 Å². The molecule has 0 aromatic carbocycles. The maximum atomic E-state index is 12.2. The third-order valence-electron chi connectivity index (χ3n) is 3.59. The predicted octanol–water partition coefficient (Wildman–Crippen LogP) is 1.39. The summed E-state index contributed by atoms with van der Waals surface area (Å²) < 4.78 is 0. The largest absolute Gasteiger partial charge is 0.355 e. The minimum atomic E-state index is -0.831. The number of unbranched alkanes of at least 4 members (excludes halogenated alkanes) is 1. The smallest absolute Gasteiger partial charge is 0.236 e. The highest BCUT2D eigenvalue weighted by molar-refractivity contribution is 6.07. The summed E-state index contributed by atoms with van der Waals surface area (Å²) in [7, 11) is 0. The van der Waals surface area contributed by atoms with Crippen LogP contribution in [0.25, 0.3) is 0 Å². The van der Waals surface area contributed by atoms with E-state index in [9.17, 15) is 9.59 Å². The van der Waals surface area contributed by atoms with E-state index in [0.29, 0.717) is 25.9 Å². The Morgan fingerprint density at radius 1 is 1.25 bits per heavy atom. The van der Waals surface area contributed by atoms with E-state index in [1.54, 1.807) is 6.20 Å². The minimum Gasteiger partial charge on any atom is -0.355 e. The second kappa shape index (κ2) is 6.50. The van der Waals surface area contributed by atoms with Crippen LogP contribution >= 0.6 is 0 Å². The van der Waals surface area contributed by atoms with Crippen LogP contribution in [0.5, 0.6) is 0 Å². The predicted molar refractivity (Wildman–Crippen MR) is 75.7 cm³/mol. The van der Waals surface area contributed by atoms with Gasteiger partial charge in [0.15, 0.2) is 0 Å². The molecule has 0 atom stereocenters. The zero-order valence-electron chi connectivity index (χ0n) is 11.8. The number of aromatic nitrogens is 1. The first-order valence-electron chi connectivity index (χ1n) is 7.15. The lowest BCUT2D eigenvalue weighted by Gasteiger charge is -2.15. The van der Waals surface area contributed by atoms with E-state index in [2.05, 4.69) is 22.5 Å². The number of carbonyl (C=O) groups excluding carboxylic acids is 2. The first-order valence-corrected chi connectivity index (χ1v) is 7.15. The van der Waals surface area contributed by atoms with Gasteiger partial charge in [-0.25, -0.2) is 0 Å². The molecule has 1 aromatic heterocycles. The zero-order valence-corrected chi connectivity index (χ0v) is 11.8. The van der Waals surface area contributed by atoms with Gasteiger partial charge >= 0.3 is 0 Å². The van der Waals surface area contributed by atoms with Crippen molar-refractivity contribution in [2.45, 2.75) is 39.2 Å². The van der Waals surface area contributed by atoms with E-state index in [-0.39, 0.29) is 11.8 Å². The Bertz CT molecular complexity index is 469. The minimum absolute atomic E-state index is 0.135. The Kier molecular flexibility index (Phi) is 4.71. The van der Waals surface area contributed by atoms with Crippen LogP contribution in [0.15, 0.2) is 24.4 Å². The molecule has 20 heavy (non-hydrogen) atoms. The van der Waals surface area contributed by atoms with Crippen molar-refractivity contribution < 1.29 is 9.59 Å². The molecule has 0 aliphatic heterocycles. The summed E-state index contributed by atoms with van der Waals surface area (Å²) in [6, 6.07) is 5.55. The third-order valence-corrected chi connectivity index (χ3v) is 3.59.